The molecule has 0 aliphatic heterocycles. The predicted octanol–water partition coefficient (Wildman–Crippen LogP) is 3.53. The van der Waals surface area contributed by atoms with Crippen molar-refractivity contribution < 1.29 is 13.2 Å². The van der Waals surface area contributed by atoms with E-state index in [1.165, 1.54) is 12.1 Å². The largest absolute Gasteiger partial charge is 0.418 e. The Labute approximate surface area is 92.7 Å². The standard InChI is InChI=1S/C12H12F3N/c1-3-6-9(2)16-11-8-5-4-7-10(11)12(13,14)15/h1,4-5,7-9,16H,6H2,2H3. The Morgan fingerprint density at radius 2 is 2.00 bits per heavy atom. The second-order valence-electron chi connectivity index (χ2n) is 3.50. The molecule has 0 amide bonds. The molecule has 1 aromatic carbocycles. The molecular formula is C12H12F3N. The summed E-state index contributed by atoms with van der Waals surface area (Å²) in [7, 11) is 0. The molecule has 86 valence electrons. The minimum Gasteiger partial charge on any atom is -0.381 e. The van der Waals surface area contributed by atoms with Crippen LogP contribution in [0.2, 0.25) is 0 Å². The Morgan fingerprint density at radius 3 is 2.56 bits per heavy atom. The van der Waals surface area contributed by atoms with E-state index in [0.29, 0.717) is 6.42 Å². The van der Waals surface area contributed by atoms with Gasteiger partial charge in [-0.15, -0.1) is 12.3 Å². The highest BCUT2D eigenvalue weighted by atomic mass is 19.4. The molecule has 0 fully saturated rings. The number of rotatable bonds is 3. The Balaban J connectivity index is 2.92. The van der Waals surface area contributed by atoms with Crippen LogP contribution in [0, 0.1) is 12.3 Å². The van der Waals surface area contributed by atoms with Crippen LogP contribution in [0.5, 0.6) is 0 Å². The van der Waals surface area contributed by atoms with E-state index < -0.39 is 11.7 Å². The molecule has 0 heterocycles. The van der Waals surface area contributed by atoms with Crippen LogP contribution in [0.25, 0.3) is 0 Å². The van der Waals surface area contributed by atoms with Gasteiger partial charge in [0, 0.05) is 18.2 Å². The van der Waals surface area contributed by atoms with Crippen molar-refractivity contribution in [3.8, 4) is 12.3 Å². The molecule has 1 unspecified atom stereocenters. The summed E-state index contributed by atoms with van der Waals surface area (Å²) in [5, 5.41) is 2.76. The molecule has 0 spiro atoms. The highest BCUT2D eigenvalue weighted by Crippen LogP contribution is 2.34. The molecule has 16 heavy (non-hydrogen) atoms. The van der Waals surface area contributed by atoms with Gasteiger partial charge in [-0.05, 0) is 19.1 Å². The quantitative estimate of drug-likeness (QED) is 0.779. The lowest BCUT2D eigenvalue weighted by atomic mass is 10.1. The van der Waals surface area contributed by atoms with Crippen LogP contribution in [0.3, 0.4) is 0 Å². The predicted molar refractivity (Wildman–Crippen MR) is 58.0 cm³/mol. The van der Waals surface area contributed by atoms with E-state index in [2.05, 4.69) is 11.2 Å². The highest BCUT2D eigenvalue weighted by molar-refractivity contribution is 5.53. The number of anilines is 1. The van der Waals surface area contributed by atoms with Crippen molar-refractivity contribution in [3.63, 3.8) is 0 Å². The molecule has 0 aliphatic rings. The molecular weight excluding hydrogens is 215 g/mol. The SMILES string of the molecule is C#CCC(C)Nc1ccccc1C(F)(F)F. The van der Waals surface area contributed by atoms with E-state index >= 15 is 0 Å². The average Bonchev–Trinajstić information content (AvgIpc) is 2.17. The van der Waals surface area contributed by atoms with Crippen molar-refractivity contribution in [2.75, 3.05) is 5.32 Å². The molecule has 0 bridgehead atoms. The molecule has 1 N–H and O–H groups in total. The van der Waals surface area contributed by atoms with Crippen molar-refractivity contribution in [2.24, 2.45) is 0 Å². The normalized spacial score (nSPS) is 12.9. The zero-order chi connectivity index (χ0) is 12.2. The van der Waals surface area contributed by atoms with Crippen molar-refractivity contribution in [1.29, 1.82) is 0 Å². The minimum atomic E-state index is -4.35. The summed E-state index contributed by atoms with van der Waals surface area (Å²) in [4.78, 5) is 0. The van der Waals surface area contributed by atoms with Gasteiger partial charge >= 0.3 is 6.18 Å². The number of halogens is 3. The molecule has 0 aromatic heterocycles. The average molecular weight is 227 g/mol. The van der Waals surface area contributed by atoms with Crippen molar-refractivity contribution in [2.45, 2.75) is 25.6 Å². The first-order valence-corrected chi connectivity index (χ1v) is 4.81. The van der Waals surface area contributed by atoms with Crippen molar-refractivity contribution >= 4 is 5.69 Å². The summed E-state index contributed by atoms with van der Waals surface area (Å²) in [6.07, 6.45) is 1.13. The minimum absolute atomic E-state index is 0.0674. The number of alkyl halides is 3. The molecule has 0 aliphatic carbocycles. The summed E-state index contributed by atoms with van der Waals surface area (Å²) in [6.45, 7) is 1.74. The Kier molecular flexibility index (Phi) is 3.83. The van der Waals surface area contributed by atoms with Crippen LogP contribution in [-0.4, -0.2) is 6.04 Å². The second kappa shape index (κ2) is 4.93. The van der Waals surface area contributed by atoms with E-state index in [9.17, 15) is 13.2 Å². The van der Waals surface area contributed by atoms with Crippen LogP contribution < -0.4 is 5.32 Å². The molecule has 1 nitrogen and oxygen atoms in total. The highest BCUT2D eigenvalue weighted by Gasteiger charge is 2.33. The monoisotopic (exact) mass is 227 g/mol. The molecule has 1 aromatic rings. The molecule has 0 saturated carbocycles. The Bertz CT molecular complexity index is 390. The number of hydrogen-bond acceptors (Lipinski definition) is 1. The fourth-order valence-electron chi connectivity index (χ4n) is 1.35. The van der Waals surface area contributed by atoms with E-state index in [0.717, 1.165) is 6.07 Å². The lowest BCUT2D eigenvalue weighted by Gasteiger charge is -2.17. The fourth-order valence-corrected chi connectivity index (χ4v) is 1.35. The van der Waals surface area contributed by atoms with Gasteiger partial charge in [-0.25, -0.2) is 0 Å². The third-order valence-electron chi connectivity index (χ3n) is 2.06. The van der Waals surface area contributed by atoms with Gasteiger partial charge in [0.1, 0.15) is 0 Å². The van der Waals surface area contributed by atoms with Crippen molar-refractivity contribution in [1.82, 2.24) is 0 Å². The summed E-state index contributed by atoms with van der Waals surface area (Å²) in [5.74, 6) is 2.40. The molecule has 0 saturated heterocycles. The number of para-hydroxylation sites is 1. The van der Waals surface area contributed by atoms with Gasteiger partial charge in [-0.3, -0.25) is 0 Å². The number of benzene rings is 1. The topological polar surface area (TPSA) is 12.0 Å². The van der Waals surface area contributed by atoms with E-state index in [1.807, 2.05) is 0 Å². The molecule has 4 heteroatoms. The number of terminal acetylenes is 1. The van der Waals surface area contributed by atoms with E-state index in [1.54, 1.807) is 13.0 Å². The van der Waals surface area contributed by atoms with Crippen LogP contribution >= 0.6 is 0 Å². The molecule has 0 radical (unpaired) electrons. The third-order valence-corrected chi connectivity index (χ3v) is 2.06. The number of nitrogens with one attached hydrogen (secondary N) is 1. The van der Waals surface area contributed by atoms with Crippen LogP contribution in [0.4, 0.5) is 18.9 Å². The lowest BCUT2D eigenvalue weighted by molar-refractivity contribution is -0.137. The Morgan fingerprint density at radius 1 is 1.38 bits per heavy atom. The summed E-state index contributed by atoms with van der Waals surface area (Å²) in [6, 6.07) is 5.18. The summed E-state index contributed by atoms with van der Waals surface area (Å²) >= 11 is 0. The third kappa shape index (κ3) is 3.20. The molecule has 1 atom stereocenters. The van der Waals surface area contributed by atoms with Gasteiger partial charge in [-0.1, -0.05) is 12.1 Å². The van der Waals surface area contributed by atoms with Crippen molar-refractivity contribution in [3.05, 3.63) is 29.8 Å². The summed E-state index contributed by atoms with van der Waals surface area (Å²) in [5.41, 5.74) is -0.600. The van der Waals surface area contributed by atoms with Crippen LogP contribution in [0.15, 0.2) is 24.3 Å². The first-order valence-electron chi connectivity index (χ1n) is 4.81. The van der Waals surface area contributed by atoms with Crippen LogP contribution in [-0.2, 0) is 6.18 Å². The van der Waals surface area contributed by atoms with Gasteiger partial charge < -0.3 is 5.32 Å². The first-order chi connectivity index (χ1) is 7.45. The fraction of sp³-hybridized carbons (Fsp3) is 0.333. The van der Waals surface area contributed by atoms with Gasteiger partial charge in [0.2, 0.25) is 0 Å². The van der Waals surface area contributed by atoms with Gasteiger partial charge in [0.05, 0.1) is 5.56 Å². The zero-order valence-electron chi connectivity index (χ0n) is 8.81. The maximum absolute atomic E-state index is 12.6. The Hall–Kier alpha value is -1.63. The smallest absolute Gasteiger partial charge is 0.381 e. The van der Waals surface area contributed by atoms with Crippen LogP contribution in [0.1, 0.15) is 18.9 Å². The van der Waals surface area contributed by atoms with E-state index in [-0.39, 0.29) is 11.7 Å². The second-order valence-corrected chi connectivity index (χ2v) is 3.50. The van der Waals surface area contributed by atoms with Gasteiger partial charge in [-0.2, -0.15) is 13.2 Å². The maximum Gasteiger partial charge on any atom is 0.418 e. The lowest BCUT2D eigenvalue weighted by Crippen LogP contribution is -2.18. The van der Waals surface area contributed by atoms with Gasteiger partial charge in [0.15, 0.2) is 0 Å². The maximum atomic E-state index is 12.6. The first kappa shape index (κ1) is 12.4. The summed E-state index contributed by atoms with van der Waals surface area (Å²) < 4.78 is 37.8. The van der Waals surface area contributed by atoms with E-state index in [4.69, 9.17) is 6.42 Å². The molecule has 1 rings (SSSR count). The number of hydrogen-bond donors (Lipinski definition) is 1. The zero-order valence-corrected chi connectivity index (χ0v) is 8.81. The van der Waals surface area contributed by atoms with Gasteiger partial charge in [0.25, 0.3) is 0 Å².